The third-order valence-corrected chi connectivity index (χ3v) is 5.15. The van der Waals surface area contributed by atoms with Gasteiger partial charge in [-0.2, -0.15) is 11.8 Å². The van der Waals surface area contributed by atoms with Crippen LogP contribution in [0.4, 0.5) is 0 Å². The maximum Gasteiger partial charge on any atom is 0.166 e. The molecule has 0 bridgehead atoms. The van der Waals surface area contributed by atoms with E-state index in [1.807, 2.05) is 18.7 Å². The second-order valence-electron chi connectivity index (χ2n) is 6.01. The lowest BCUT2D eigenvalue weighted by atomic mass is 9.80. The molecule has 0 amide bonds. The van der Waals surface area contributed by atoms with Crippen molar-refractivity contribution in [3.8, 4) is 0 Å². The number of Topliss-reactive ketones (excluding diaryl/α,β-unsaturated/α-hetero) is 1. The average Bonchev–Trinajstić information content (AvgIpc) is 2.51. The fraction of sp³-hybridized carbons (Fsp3) is 0.778. The molecule has 0 aliphatic heterocycles. The van der Waals surface area contributed by atoms with Crippen LogP contribution in [-0.4, -0.2) is 36.2 Å². The quantitative estimate of drug-likeness (QED) is 0.506. The normalized spacial score (nSPS) is 24.0. The summed E-state index contributed by atoms with van der Waals surface area (Å²) in [5.41, 5.74) is 5.60. The van der Waals surface area contributed by atoms with Gasteiger partial charge in [-0.15, -0.1) is 0 Å². The van der Waals surface area contributed by atoms with Gasteiger partial charge in [0, 0.05) is 24.4 Å². The van der Waals surface area contributed by atoms with Gasteiger partial charge in [0.15, 0.2) is 5.78 Å². The van der Waals surface area contributed by atoms with Crippen molar-refractivity contribution < 1.29 is 9.63 Å². The molecule has 1 N–H and O–H groups in total. The highest BCUT2D eigenvalue weighted by Gasteiger charge is 2.31. The van der Waals surface area contributed by atoms with Crippen LogP contribution in [0.15, 0.2) is 16.3 Å². The molecule has 0 heterocycles. The number of hydrogen-bond acceptors (Lipinski definition) is 5. The molecule has 4 nitrogen and oxygen atoms in total. The molecular formula is C18H32N2O2S. The number of ketones is 1. The van der Waals surface area contributed by atoms with Gasteiger partial charge in [-0.05, 0) is 37.9 Å². The number of hydrogen-bond donors (Lipinski definition) is 1. The molecule has 23 heavy (non-hydrogen) atoms. The minimum absolute atomic E-state index is 0.214. The van der Waals surface area contributed by atoms with E-state index in [0.29, 0.717) is 24.2 Å². The lowest BCUT2D eigenvalue weighted by Crippen LogP contribution is -2.31. The monoisotopic (exact) mass is 340 g/mol. The second kappa shape index (κ2) is 10.9. The first-order chi connectivity index (χ1) is 11.1. The Balaban J connectivity index is 2.93. The van der Waals surface area contributed by atoms with Gasteiger partial charge in [-0.1, -0.05) is 27.2 Å². The van der Waals surface area contributed by atoms with Gasteiger partial charge in [-0.25, -0.2) is 0 Å². The van der Waals surface area contributed by atoms with E-state index in [-0.39, 0.29) is 5.78 Å². The Morgan fingerprint density at radius 1 is 1.39 bits per heavy atom. The van der Waals surface area contributed by atoms with Crippen molar-refractivity contribution in [1.29, 1.82) is 0 Å². The van der Waals surface area contributed by atoms with E-state index in [9.17, 15) is 4.79 Å². The zero-order chi connectivity index (χ0) is 17.2. The lowest BCUT2D eigenvalue weighted by molar-refractivity contribution is -0.116. The smallest absolute Gasteiger partial charge is 0.166 e. The summed E-state index contributed by atoms with van der Waals surface area (Å²) in [4.78, 5) is 22.5. The summed E-state index contributed by atoms with van der Waals surface area (Å²) in [6.07, 6.45) is 4.39. The summed E-state index contributed by atoms with van der Waals surface area (Å²) in [6.45, 7) is 9.05. The molecule has 1 aliphatic carbocycles. The van der Waals surface area contributed by atoms with Gasteiger partial charge in [0.2, 0.25) is 0 Å². The molecule has 5 heteroatoms. The number of nitrogens with zero attached hydrogens (tertiary/aromatic N) is 1. The predicted octanol–water partition coefficient (Wildman–Crippen LogP) is 4.16. The molecule has 0 spiro atoms. The first-order valence-corrected chi connectivity index (χ1v) is 9.83. The van der Waals surface area contributed by atoms with Crippen LogP contribution in [0, 0.1) is 5.92 Å². The van der Waals surface area contributed by atoms with E-state index in [0.717, 1.165) is 48.4 Å². The van der Waals surface area contributed by atoms with Crippen molar-refractivity contribution in [2.75, 3.05) is 19.4 Å². The highest BCUT2D eigenvalue weighted by Crippen LogP contribution is 2.32. The Morgan fingerprint density at radius 3 is 2.70 bits per heavy atom. The molecule has 0 radical (unpaired) electrons. The van der Waals surface area contributed by atoms with Gasteiger partial charge >= 0.3 is 0 Å². The highest BCUT2D eigenvalue weighted by molar-refractivity contribution is 7.99. The molecule has 1 fully saturated rings. The second-order valence-corrected chi connectivity index (χ2v) is 7.72. The predicted molar refractivity (Wildman–Crippen MR) is 100.0 cm³/mol. The average molecular weight is 341 g/mol. The summed E-state index contributed by atoms with van der Waals surface area (Å²) in [7, 11) is 1.79. The maximum absolute atomic E-state index is 12.8. The summed E-state index contributed by atoms with van der Waals surface area (Å²) in [5.74, 6) is 1.75. The fourth-order valence-electron chi connectivity index (χ4n) is 3.14. The third kappa shape index (κ3) is 6.30. The minimum atomic E-state index is 0.214. The van der Waals surface area contributed by atoms with Gasteiger partial charge in [0.25, 0.3) is 0 Å². The van der Waals surface area contributed by atoms with Gasteiger partial charge in [0.1, 0.15) is 0 Å². The van der Waals surface area contributed by atoms with E-state index in [1.165, 1.54) is 0 Å². The van der Waals surface area contributed by atoms with Gasteiger partial charge in [-0.3, -0.25) is 20.1 Å². The van der Waals surface area contributed by atoms with Crippen LogP contribution >= 0.6 is 11.8 Å². The first-order valence-electron chi connectivity index (χ1n) is 8.78. The van der Waals surface area contributed by atoms with Crippen LogP contribution in [0.25, 0.3) is 0 Å². The van der Waals surface area contributed by atoms with Crippen LogP contribution in [0.2, 0.25) is 0 Å². The number of allylic oxidation sites excluding steroid dienone is 2. The topological polar surface area (TPSA) is 50.7 Å². The Kier molecular flexibility index (Phi) is 9.56. The van der Waals surface area contributed by atoms with Crippen LogP contribution in [-0.2, 0) is 9.63 Å². The van der Waals surface area contributed by atoms with Crippen molar-refractivity contribution in [1.82, 2.24) is 5.48 Å². The summed E-state index contributed by atoms with van der Waals surface area (Å²) in [6, 6.07) is 0. The molecule has 1 rings (SSSR count). The van der Waals surface area contributed by atoms with Gasteiger partial charge < -0.3 is 0 Å². The Hall–Kier alpha value is -0.810. The number of carbonyl (C=O) groups excluding carboxylic acids is 1. The lowest BCUT2D eigenvalue weighted by Gasteiger charge is -2.28. The van der Waals surface area contributed by atoms with Crippen molar-refractivity contribution >= 4 is 23.3 Å². The molecule has 0 unspecified atom stereocenters. The van der Waals surface area contributed by atoms with Crippen molar-refractivity contribution in [2.24, 2.45) is 10.9 Å². The van der Waals surface area contributed by atoms with E-state index < -0.39 is 0 Å². The summed E-state index contributed by atoms with van der Waals surface area (Å²) >= 11 is 1.97. The number of carbonyl (C=O) groups is 1. The zero-order valence-corrected chi connectivity index (χ0v) is 16.1. The molecule has 1 aliphatic rings. The number of thioether (sulfide) groups is 1. The van der Waals surface area contributed by atoms with E-state index in [4.69, 9.17) is 4.84 Å². The van der Waals surface area contributed by atoms with E-state index in [2.05, 4.69) is 31.2 Å². The summed E-state index contributed by atoms with van der Waals surface area (Å²) < 4.78 is 0. The number of aliphatic imine (C=N–C) groups is 1. The van der Waals surface area contributed by atoms with Crippen molar-refractivity contribution in [3.05, 3.63) is 11.3 Å². The van der Waals surface area contributed by atoms with E-state index >= 15 is 0 Å². The maximum atomic E-state index is 12.8. The SMILES string of the molecule is CCCC(NOCC)=C1C(=O)C[C@@H](C[C@H](C)SCC)CC1=NC. The molecular weight excluding hydrogens is 308 g/mol. The molecule has 2 atom stereocenters. The van der Waals surface area contributed by atoms with Crippen LogP contribution < -0.4 is 5.48 Å². The Bertz CT molecular complexity index is 446. The van der Waals surface area contributed by atoms with Gasteiger partial charge in [0.05, 0.1) is 17.9 Å². The van der Waals surface area contributed by atoms with Crippen LogP contribution in [0.5, 0.6) is 0 Å². The molecule has 0 aromatic carbocycles. The highest BCUT2D eigenvalue weighted by atomic mass is 32.2. The Labute approximate surface area is 145 Å². The first kappa shape index (κ1) is 20.2. The zero-order valence-electron chi connectivity index (χ0n) is 15.3. The molecule has 0 saturated heterocycles. The fourth-order valence-corrected chi connectivity index (χ4v) is 4.12. The minimum Gasteiger partial charge on any atom is -0.294 e. The largest absolute Gasteiger partial charge is 0.294 e. The van der Waals surface area contributed by atoms with E-state index in [1.54, 1.807) is 7.05 Å². The molecule has 132 valence electrons. The van der Waals surface area contributed by atoms with Crippen molar-refractivity contribution in [3.63, 3.8) is 0 Å². The van der Waals surface area contributed by atoms with Crippen LogP contribution in [0.3, 0.4) is 0 Å². The molecule has 1 saturated carbocycles. The van der Waals surface area contributed by atoms with Crippen LogP contribution in [0.1, 0.15) is 59.8 Å². The molecule has 0 aromatic rings. The summed E-state index contributed by atoms with van der Waals surface area (Å²) in [5, 5.41) is 0.595. The number of hydroxylamine groups is 1. The number of rotatable bonds is 9. The standard InChI is InChI=1S/C18H32N2O2S/c1-6-9-15(20-22-7-2)18-16(19-5)11-14(12-17(18)21)10-13(4)23-8-3/h13-14,20H,6-12H2,1-5H3/t13-,14-/m0/s1. The molecule has 0 aromatic heterocycles. The van der Waals surface area contributed by atoms with Crippen molar-refractivity contribution in [2.45, 2.75) is 65.0 Å². The third-order valence-electron chi connectivity index (χ3n) is 4.05. The Morgan fingerprint density at radius 2 is 2.13 bits per heavy atom. The number of nitrogens with one attached hydrogen (secondary N) is 1.